The van der Waals surface area contributed by atoms with Crippen LogP contribution in [-0.2, 0) is 17.9 Å². The molecule has 0 radical (unpaired) electrons. The molecule has 0 aliphatic heterocycles. The van der Waals surface area contributed by atoms with E-state index in [-0.39, 0.29) is 17.2 Å². The van der Waals surface area contributed by atoms with Gasteiger partial charge in [-0.3, -0.25) is 9.59 Å². The SMILES string of the molecule is Cc1c(OCc2ccccc2)c(=O)ccn1CCNC(=O)CCl. The number of pyridine rings is 1. The summed E-state index contributed by atoms with van der Waals surface area (Å²) >= 11 is 5.43. The van der Waals surface area contributed by atoms with Crippen LogP contribution in [0, 0.1) is 6.92 Å². The first kappa shape index (κ1) is 17.1. The molecule has 2 aromatic rings. The molecule has 122 valence electrons. The van der Waals surface area contributed by atoms with Gasteiger partial charge in [-0.05, 0) is 12.5 Å². The Bertz CT molecular complexity index is 714. The zero-order chi connectivity index (χ0) is 16.7. The number of hydrogen-bond acceptors (Lipinski definition) is 3. The molecule has 5 nitrogen and oxygen atoms in total. The number of benzene rings is 1. The van der Waals surface area contributed by atoms with E-state index >= 15 is 0 Å². The van der Waals surface area contributed by atoms with Crippen LogP contribution in [-0.4, -0.2) is 22.9 Å². The lowest BCUT2D eigenvalue weighted by Crippen LogP contribution is -2.29. The molecule has 0 unspecified atom stereocenters. The highest BCUT2D eigenvalue weighted by atomic mass is 35.5. The highest BCUT2D eigenvalue weighted by molar-refractivity contribution is 6.27. The molecule has 23 heavy (non-hydrogen) atoms. The molecule has 0 atom stereocenters. The van der Waals surface area contributed by atoms with Crippen LogP contribution in [0.25, 0.3) is 0 Å². The van der Waals surface area contributed by atoms with Crippen molar-refractivity contribution in [2.75, 3.05) is 12.4 Å². The molecule has 0 spiro atoms. The van der Waals surface area contributed by atoms with Crippen molar-refractivity contribution in [3.8, 4) is 5.75 Å². The standard InChI is InChI=1S/C17H19ClN2O3/c1-13-17(23-12-14-5-3-2-4-6-14)15(21)7-9-20(13)10-8-19-16(22)11-18/h2-7,9H,8,10-12H2,1H3,(H,19,22). The number of amides is 1. The molecule has 2 rings (SSSR count). The third-order valence-electron chi connectivity index (χ3n) is 3.41. The molecule has 1 amide bonds. The molecule has 6 heteroatoms. The van der Waals surface area contributed by atoms with Crippen molar-refractivity contribution in [2.45, 2.75) is 20.1 Å². The lowest BCUT2D eigenvalue weighted by atomic mass is 10.2. The van der Waals surface area contributed by atoms with E-state index in [9.17, 15) is 9.59 Å². The summed E-state index contributed by atoms with van der Waals surface area (Å²) in [6.07, 6.45) is 1.69. The van der Waals surface area contributed by atoms with Crippen LogP contribution >= 0.6 is 11.6 Å². The molecule has 1 heterocycles. The average molecular weight is 335 g/mol. The van der Waals surface area contributed by atoms with Gasteiger partial charge >= 0.3 is 0 Å². The van der Waals surface area contributed by atoms with Gasteiger partial charge in [0.2, 0.25) is 11.3 Å². The van der Waals surface area contributed by atoms with Gasteiger partial charge in [0.25, 0.3) is 0 Å². The molecule has 0 aliphatic carbocycles. The van der Waals surface area contributed by atoms with Gasteiger partial charge in [-0.2, -0.15) is 0 Å². The molecule has 1 aromatic carbocycles. The van der Waals surface area contributed by atoms with Gasteiger partial charge < -0.3 is 14.6 Å². The van der Waals surface area contributed by atoms with Gasteiger partial charge in [0.05, 0.1) is 5.69 Å². The van der Waals surface area contributed by atoms with Gasteiger partial charge in [0, 0.05) is 25.4 Å². The van der Waals surface area contributed by atoms with Gasteiger partial charge in [0.15, 0.2) is 5.75 Å². The van der Waals surface area contributed by atoms with Crippen molar-refractivity contribution in [3.05, 3.63) is 64.1 Å². The first-order valence-electron chi connectivity index (χ1n) is 7.31. The maximum Gasteiger partial charge on any atom is 0.234 e. The Morgan fingerprint density at radius 2 is 2.00 bits per heavy atom. The fourth-order valence-electron chi connectivity index (χ4n) is 2.16. The zero-order valence-corrected chi connectivity index (χ0v) is 13.7. The number of nitrogens with zero attached hydrogens (tertiary/aromatic N) is 1. The summed E-state index contributed by atoms with van der Waals surface area (Å²) in [5.74, 6) is 0.0557. The Kier molecular flexibility index (Phi) is 6.23. The van der Waals surface area contributed by atoms with Crippen molar-refractivity contribution in [2.24, 2.45) is 0 Å². The quantitative estimate of drug-likeness (QED) is 0.789. The summed E-state index contributed by atoms with van der Waals surface area (Å²) in [4.78, 5) is 23.2. The second kappa shape index (κ2) is 8.39. The number of nitrogens with one attached hydrogen (secondary N) is 1. The largest absolute Gasteiger partial charge is 0.483 e. The van der Waals surface area contributed by atoms with Crippen molar-refractivity contribution in [1.82, 2.24) is 9.88 Å². The topological polar surface area (TPSA) is 60.3 Å². The van der Waals surface area contributed by atoms with Gasteiger partial charge in [-0.15, -0.1) is 11.6 Å². The van der Waals surface area contributed by atoms with Gasteiger partial charge in [-0.1, -0.05) is 30.3 Å². The first-order valence-corrected chi connectivity index (χ1v) is 7.84. The molecule has 0 fully saturated rings. The maximum atomic E-state index is 12.0. The molecule has 1 aromatic heterocycles. The summed E-state index contributed by atoms with van der Waals surface area (Å²) < 4.78 is 7.57. The number of rotatable bonds is 7. The number of ether oxygens (including phenoxy) is 1. The first-order chi connectivity index (χ1) is 11.1. The molecule has 0 bridgehead atoms. The minimum Gasteiger partial charge on any atom is -0.483 e. The molecular weight excluding hydrogens is 316 g/mol. The maximum absolute atomic E-state index is 12.0. The highest BCUT2D eigenvalue weighted by Crippen LogP contribution is 2.13. The van der Waals surface area contributed by atoms with E-state index < -0.39 is 0 Å². The highest BCUT2D eigenvalue weighted by Gasteiger charge is 2.09. The van der Waals surface area contributed by atoms with Crippen LogP contribution in [0.4, 0.5) is 0 Å². The average Bonchev–Trinajstić information content (AvgIpc) is 2.57. The molecule has 0 saturated heterocycles. The van der Waals surface area contributed by atoms with Crippen molar-refractivity contribution < 1.29 is 9.53 Å². The Morgan fingerprint density at radius 3 is 2.70 bits per heavy atom. The van der Waals surface area contributed by atoms with Gasteiger partial charge in [-0.25, -0.2) is 0 Å². The molecule has 0 saturated carbocycles. The monoisotopic (exact) mass is 334 g/mol. The third kappa shape index (κ3) is 4.86. The summed E-state index contributed by atoms with van der Waals surface area (Å²) in [6.45, 7) is 3.14. The molecular formula is C17H19ClN2O3. The van der Waals surface area contributed by atoms with Crippen LogP contribution in [0.1, 0.15) is 11.3 Å². The van der Waals surface area contributed by atoms with E-state index in [0.29, 0.717) is 25.4 Å². The third-order valence-corrected chi connectivity index (χ3v) is 3.65. The van der Waals surface area contributed by atoms with Crippen molar-refractivity contribution in [3.63, 3.8) is 0 Å². The summed E-state index contributed by atoms with van der Waals surface area (Å²) in [6, 6.07) is 11.1. The fourth-order valence-corrected chi connectivity index (χ4v) is 2.26. The van der Waals surface area contributed by atoms with E-state index in [1.807, 2.05) is 41.8 Å². The summed E-state index contributed by atoms with van der Waals surface area (Å²) in [7, 11) is 0. The van der Waals surface area contributed by atoms with Crippen LogP contribution in [0.15, 0.2) is 47.4 Å². The van der Waals surface area contributed by atoms with Crippen molar-refractivity contribution in [1.29, 1.82) is 0 Å². The lowest BCUT2D eigenvalue weighted by molar-refractivity contribution is -0.118. The lowest BCUT2D eigenvalue weighted by Gasteiger charge is -2.15. The second-order valence-corrected chi connectivity index (χ2v) is 5.31. The van der Waals surface area contributed by atoms with E-state index in [0.717, 1.165) is 11.3 Å². The number of halogens is 1. The predicted octanol–water partition coefficient (Wildman–Crippen LogP) is 2.09. The Labute approximate surface area is 139 Å². The van der Waals surface area contributed by atoms with Crippen molar-refractivity contribution >= 4 is 17.5 Å². The number of alkyl halides is 1. The van der Waals surface area contributed by atoms with Gasteiger partial charge in [0.1, 0.15) is 12.5 Å². The number of aromatic nitrogens is 1. The predicted molar refractivity (Wildman–Crippen MR) is 89.9 cm³/mol. The number of carbonyl (C=O) groups excluding carboxylic acids is 1. The fraction of sp³-hybridized carbons (Fsp3) is 0.294. The van der Waals surface area contributed by atoms with Crippen LogP contribution in [0.2, 0.25) is 0 Å². The minimum absolute atomic E-state index is 0.0609. The van der Waals surface area contributed by atoms with Crippen LogP contribution in [0.5, 0.6) is 5.75 Å². The summed E-state index contributed by atoms with van der Waals surface area (Å²) in [5.41, 5.74) is 1.57. The Morgan fingerprint density at radius 1 is 1.26 bits per heavy atom. The number of hydrogen-bond donors (Lipinski definition) is 1. The van der Waals surface area contributed by atoms with Crippen LogP contribution in [0.3, 0.4) is 0 Å². The number of carbonyl (C=O) groups is 1. The van der Waals surface area contributed by atoms with E-state index in [1.165, 1.54) is 6.07 Å². The smallest absolute Gasteiger partial charge is 0.234 e. The second-order valence-electron chi connectivity index (χ2n) is 5.05. The molecule has 1 N–H and O–H groups in total. The van der Waals surface area contributed by atoms with Crippen LogP contribution < -0.4 is 15.5 Å². The Balaban J connectivity index is 2.05. The van der Waals surface area contributed by atoms with E-state index in [4.69, 9.17) is 16.3 Å². The van der Waals surface area contributed by atoms with E-state index in [2.05, 4.69) is 5.32 Å². The minimum atomic E-state index is -0.217. The van der Waals surface area contributed by atoms with E-state index in [1.54, 1.807) is 6.20 Å². The summed E-state index contributed by atoms with van der Waals surface area (Å²) in [5, 5.41) is 2.69. The normalized spacial score (nSPS) is 10.3. The molecule has 0 aliphatic rings. The zero-order valence-electron chi connectivity index (χ0n) is 12.9. The Hall–Kier alpha value is -2.27.